The van der Waals surface area contributed by atoms with Gasteiger partial charge < -0.3 is 9.64 Å². The van der Waals surface area contributed by atoms with Gasteiger partial charge in [-0.2, -0.15) is 5.10 Å². The molecule has 0 aliphatic carbocycles. The number of hydrogen-bond acceptors (Lipinski definition) is 3. The Hall–Kier alpha value is -1.56. The van der Waals surface area contributed by atoms with Gasteiger partial charge in [-0.1, -0.05) is 20.8 Å². The molecule has 1 aromatic rings. The van der Waals surface area contributed by atoms with E-state index in [0.717, 1.165) is 51.2 Å². The number of nitrogens with zero attached hydrogens (tertiary/aromatic N) is 3. The summed E-state index contributed by atoms with van der Waals surface area (Å²) in [5, 5.41) is 7.29. The summed E-state index contributed by atoms with van der Waals surface area (Å²) in [5.74, 6) is 1.38. The lowest BCUT2D eigenvalue weighted by molar-refractivity contribution is 0.0115. The fourth-order valence-electron chi connectivity index (χ4n) is 2.73. The molecule has 1 aliphatic heterocycles. The first-order valence-corrected chi connectivity index (χ1v) is 8.79. The summed E-state index contributed by atoms with van der Waals surface area (Å²) in [6.45, 7) is 9.53. The van der Waals surface area contributed by atoms with Crippen LogP contribution < -0.4 is 5.32 Å². The number of carbonyl (C=O) groups is 1. The van der Waals surface area contributed by atoms with Gasteiger partial charge in [0.15, 0.2) is 0 Å². The number of aryl methyl sites for hydroxylation is 1. The lowest BCUT2D eigenvalue weighted by Crippen LogP contribution is -2.45. The van der Waals surface area contributed by atoms with E-state index in [-0.39, 0.29) is 12.1 Å². The summed E-state index contributed by atoms with van der Waals surface area (Å²) in [5.41, 5.74) is 0. The van der Waals surface area contributed by atoms with Crippen molar-refractivity contribution in [2.45, 2.75) is 59.1 Å². The first kappa shape index (κ1) is 17.8. The predicted octanol–water partition coefficient (Wildman–Crippen LogP) is 3.35. The Balaban J connectivity index is 1.87. The molecule has 1 N–H and O–H groups in total. The van der Waals surface area contributed by atoms with Gasteiger partial charge in [-0.25, -0.2) is 9.48 Å². The highest BCUT2D eigenvalue weighted by molar-refractivity contribution is 5.88. The molecular weight excluding hydrogens is 292 g/mol. The monoisotopic (exact) mass is 322 g/mol. The Kier molecular flexibility index (Phi) is 6.89. The molecule has 2 rings (SSSR count). The van der Waals surface area contributed by atoms with Crippen molar-refractivity contribution in [3.05, 3.63) is 12.3 Å². The van der Waals surface area contributed by atoms with E-state index in [1.807, 2.05) is 15.6 Å². The standard InChI is InChI=1S/C17H30N4O2/c1-4-12-23-15-6-5-10-20(13-15)17(22)19-16-7-9-18-21(16)11-8-14(2)3/h7,9,14-15H,4-6,8,10-13H2,1-3H3,(H,19,22)/t15-/m0/s1. The van der Waals surface area contributed by atoms with Crippen molar-refractivity contribution in [2.75, 3.05) is 25.0 Å². The predicted molar refractivity (Wildman–Crippen MR) is 91.5 cm³/mol. The maximum absolute atomic E-state index is 12.5. The molecule has 2 heterocycles. The molecule has 0 spiro atoms. The van der Waals surface area contributed by atoms with Crippen LogP contribution in [-0.4, -0.2) is 46.5 Å². The Bertz CT molecular complexity index is 487. The number of piperidine rings is 1. The minimum atomic E-state index is -0.0545. The summed E-state index contributed by atoms with van der Waals surface area (Å²) >= 11 is 0. The van der Waals surface area contributed by atoms with Crippen LogP contribution in [0.2, 0.25) is 0 Å². The van der Waals surface area contributed by atoms with Crippen LogP contribution >= 0.6 is 0 Å². The summed E-state index contributed by atoms with van der Waals surface area (Å²) in [6, 6.07) is 1.80. The van der Waals surface area contributed by atoms with Crippen LogP contribution in [0, 0.1) is 5.92 Å². The lowest BCUT2D eigenvalue weighted by Gasteiger charge is -2.32. The van der Waals surface area contributed by atoms with Crippen LogP contribution in [0.1, 0.15) is 46.5 Å². The molecule has 1 atom stereocenters. The molecule has 23 heavy (non-hydrogen) atoms. The van der Waals surface area contributed by atoms with E-state index in [1.165, 1.54) is 0 Å². The van der Waals surface area contributed by atoms with Gasteiger partial charge in [0.1, 0.15) is 5.82 Å². The second-order valence-corrected chi connectivity index (χ2v) is 6.63. The van der Waals surface area contributed by atoms with Crippen LogP contribution in [0.4, 0.5) is 10.6 Å². The number of hydrogen-bond donors (Lipinski definition) is 1. The molecule has 0 saturated carbocycles. The third-order valence-corrected chi connectivity index (χ3v) is 4.09. The van der Waals surface area contributed by atoms with E-state index >= 15 is 0 Å². The van der Waals surface area contributed by atoms with Gasteiger partial charge in [-0.3, -0.25) is 5.32 Å². The third kappa shape index (κ3) is 5.53. The molecule has 0 unspecified atom stereocenters. The highest BCUT2D eigenvalue weighted by Gasteiger charge is 2.24. The van der Waals surface area contributed by atoms with Gasteiger partial charge >= 0.3 is 6.03 Å². The summed E-state index contributed by atoms with van der Waals surface area (Å²) < 4.78 is 7.67. The Labute approximate surface area is 139 Å². The largest absolute Gasteiger partial charge is 0.376 e. The molecule has 1 aromatic heterocycles. The molecule has 2 amide bonds. The van der Waals surface area contributed by atoms with Crippen molar-refractivity contribution >= 4 is 11.8 Å². The average Bonchev–Trinajstić information content (AvgIpc) is 2.98. The van der Waals surface area contributed by atoms with Gasteiger partial charge in [0.2, 0.25) is 0 Å². The maximum atomic E-state index is 12.5. The number of rotatable bonds is 7. The summed E-state index contributed by atoms with van der Waals surface area (Å²) in [7, 11) is 0. The van der Waals surface area contributed by atoms with Crippen LogP contribution in [0.15, 0.2) is 12.3 Å². The van der Waals surface area contributed by atoms with Gasteiger partial charge in [-0.05, 0) is 31.6 Å². The highest BCUT2D eigenvalue weighted by atomic mass is 16.5. The van der Waals surface area contributed by atoms with E-state index in [2.05, 4.69) is 31.2 Å². The van der Waals surface area contributed by atoms with Crippen LogP contribution in [0.25, 0.3) is 0 Å². The molecule has 6 nitrogen and oxygen atoms in total. The minimum Gasteiger partial charge on any atom is -0.376 e. The summed E-state index contributed by atoms with van der Waals surface area (Å²) in [4.78, 5) is 14.3. The van der Waals surface area contributed by atoms with Crippen molar-refractivity contribution in [3.63, 3.8) is 0 Å². The fraction of sp³-hybridized carbons (Fsp3) is 0.765. The number of ether oxygens (including phenoxy) is 1. The normalized spacial score (nSPS) is 18.4. The van der Waals surface area contributed by atoms with Gasteiger partial charge in [0, 0.05) is 32.3 Å². The number of amides is 2. The number of anilines is 1. The number of urea groups is 1. The topological polar surface area (TPSA) is 59.4 Å². The second-order valence-electron chi connectivity index (χ2n) is 6.63. The minimum absolute atomic E-state index is 0.0545. The molecule has 130 valence electrons. The van der Waals surface area contributed by atoms with Crippen molar-refractivity contribution in [2.24, 2.45) is 5.92 Å². The highest BCUT2D eigenvalue weighted by Crippen LogP contribution is 2.16. The first-order chi connectivity index (χ1) is 11.1. The van der Waals surface area contributed by atoms with E-state index in [1.54, 1.807) is 6.20 Å². The molecule has 1 aliphatic rings. The lowest BCUT2D eigenvalue weighted by atomic mass is 10.1. The molecule has 6 heteroatoms. The SMILES string of the molecule is CCCO[C@H]1CCCN(C(=O)Nc2ccnn2CCC(C)C)C1. The maximum Gasteiger partial charge on any atom is 0.323 e. The van der Waals surface area contributed by atoms with Gasteiger partial charge in [-0.15, -0.1) is 0 Å². The van der Waals surface area contributed by atoms with E-state index in [9.17, 15) is 4.79 Å². The number of nitrogens with one attached hydrogen (secondary N) is 1. The Morgan fingerprint density at radius 3 is 3.09 bits per heavy atom. The molecular formula is C17H30N4O2. The van der Waals surface area contributed by atoms with Gasteiger partial charge in [0.05, 0.1) is 12.3 Å². The van der Waals surface area contributed by atoms with Crippen molar-refractivity contribution in [3.8, 4) is 0 Å². The van der Waals surface area contributed by atoms with Crippen LogP contribution in [0.5, 0.6) is 0 Å². The molecule has 0 bridgehead atoms. The average molecular weight is 322 g/mol. The zero-order valence-electron chi connectivity index (χ0n) is 14.6. The summed E-state index contributed by atoms with van der Waals surface area (Å²) in [6.07, 6.45) is 5.99. The Morgan fingerprint density at radius 1 is 1.52 bits per heavy atom. The zero-order valence-corrected chi connectivity index (χ0v) is 14.6. The van der Waals surface area contributed by atoms with E-state index in [4.69, 9.17) is 4.74 Å². The van der Waals surface area contributed by atoms with Crippen molar-refractivity contribution in [1.29, 1.82) is 0 Å². The molecule has 1 saturated heterocycles. The fourth-order valence-corrected chi connectivity index (χ4v) is 2.73. The quantitative estimate of drug-likeness (QED) is 0.837. The third-order valence-electron chi connectivity index (χ3n) is 4.09. The zero-order chi connectivity index (χ0) is 16.7. The second kappa shape index (κ2) is 8.91. The molecule has 0 radical (unpaired) electrons. The number of aromatic nitrogens is 2. The first-order valence-electron chi connectivity index (χ1n) is 8.79. The Morgan fingerprint density at radius 2 is 2.35 bits per heavy atom. The number of carbonyl (C=O) groups excluding carboxylic acids is 1. The molecule has 0 aromatic carbocycles. The van der Waals surface area contributed by atoms with Crippen LogP contribution in [-0.2, 0) is 11.3 Å². The van der Waals surface area contributed by atoms with Crippen molar-refractivity contribution in [1.82, 2.24) is 14.7 Å². The van der Waals surface area contributed by atoms with Crippen molar-refractivity contribution < 1.29 is 9.53 Å². The van der Waals surface area contributed by atoms with Gasteiger partial charge in [0.25, 0.3) is 0 Å². The van der Waals surface area contributed by atoms with E-state index in [0.29, 0.717) is 12.5 Å². The number of likely N-dealkylation sites (tertiary alicyclic amines) is 1. The smallest absolute Gasteiger partial charge is 0.323 e. The molecule has 1 fully saturated rings. The van der Waals surface area contributed by atoms with E-state index < -0.39 is 0 Å². The van der Waals surface area contributed by atoms with Crippen LogP contribution in [0.3, 0.4) is 0 Å².